The zero-order valence-corrected chi connectivity index (χ0v) is 35.7. The normalized spacial score (nSPS) is 18.0. The van der Waals surface area contributed by atoms with Gasteiger partial charge in [-0.05, 0) is 30.2 Å². The molecule has 0 aromatic heterocycles. The summed E-state index contributed by atoms with van der Waals surface area (Å²) in [5, 5.41) is 30.6. The van der Waals surface area contributed by atoms with Crippen molar-refractivity contribution < 1.29 is 71.3 Å². The molecule has 8 atom stereocenters. The van der Waals surface area contributed by atoms with Crippen LogP contribution in [0.4, 0.5) is 13.2 Å². The Labute approximate surface area is 357 Å². The van der Waals surface area contributed by atoms with Crippen LogP contribution >= 0.6 is 0 Å². The standard InChI is InChI=1S/C41H59F3N6O12/c1-7-12-27(31(52)19-41(42,43)44)46-38(59)30-17-26(62-21-25-13-10-9-11-14-25)20-50(30)40(61)34(22(3)4)48-39(60)35(23(5)8-2)49-36(57)28(15-16-32(53)54)47-37(58)29(18-33(55)56)45-24(6)51/h9-11,13-14,22-23,26-30,34-35H,7-8,12,15-21H2,1-6H3,(H,45,51)(H,46,59)(H,47,58)(H,48,60)(H,49,57)(H,53,54)(H,55,56)/t23-,26+,27?,28+,29-,30-,34-,35-/m0/s1. The second kappa shape index (κ2) is 24.7. The Bertz CT molecular complexity index is 1730. The third-order valence-corrected chi connectivity index (χ3v) is 10.2. The van der Waals surface area contributed by atoms with Gasteiger partial charge in [-0.1, -0.05) is 77.8 Å². The molecule has 7 N–H and O–H groups in total. The van der Waals surface area contributed by atoms with Crippen molar-refractivity contribution in [3.05, 3.63) is 35.9 Å². The molecule has 0 spiro atoms. The molecule has 1 saturated heterocycles. The van der Waals surface area contributed by atoms with Gasteiger partial charge in [-0.25, -0.2) is 0 Å². The van der Waals surface area contributed by atoms with Crippen LogP contribution in [0.15, 0.2) is 30.3 Å². The van der Waals surface area contributed by atoms with Gasteiger partial charge < -0.3 is 46.4 Å². The highest BCUT2D eigenvalue weighted by Crippen LogP contribution is 2.26. The third-order valence-electron chi connectivity index (χ3n) is 10.2. The van der Waals surface area contributed by atoms with Crippen LogP contribution in [0.25, 0.3) is 0 Å². The molecule has 6 amide bonds. The number of hydrogen-bond acceptors (Lipinski definition) is 10. The summed E-state index contributed by atoms with van der Waals surface area (Å²) >= 11 is 0. The number of aliphatic carboxylic acids is 2. The van der Waals surface area contributed by atoms with Crippen LogP contribution in [0.3, 0.4) is 0 Å². The maximum Gasteiger partial charge on any atom is 0.395 e. The summed E-state index contributed by atoms with van der Waals surface area (Å²) in [6.45, 7) is 9.08. The van der Waals surface area contributed by atoms with E-state index in [9.17, 15) is 66.5 Å². The largest absolute Gasteiger partial charge is 0.481 e. The zero-order valence-electron chi connectivity index (χ0n) is 35.7. The van der Waals surface area contributed by atoms with Crippen molar-refractivity contribution in [1.29, 1.82) is 0 Å². The summed E-state index contributed by atoms with van der Waals surface area (Å²) in [6, 6.07) is 0.137. The molecule has 2 rings (SSSR count). The average molecular weight is 885 g/mol. The van der Waals surface area contributed by atoms with Gasteiger partial charge in [0.2, 0.25) is 35.4 Å². The maximum absolute atomic E-state index is 14.5. The molecule has 1 heterocycles. The number of ketones is 1. The summed E-state index contributed by atoms with van der Waals surface area (Å²) in [5.41, 5.74) is 0.780. The molecule has 1 aromatic carbocycles. The number of nitrogens with one attached hydrogen (secondary N) is 5. The van der Waals surface area contributed by atoms with E-state index in [-0.39, 0.29) is 38.8 Å². The monoisotopic (exact) mass is 884 g/mol. The molecule has 0 radical (unpaired) electrons. The van der Waals surface area contributed by atoms with Gasteiger partial charge in [0.05, 0.1) is 25.2 Å². The first kappa shape index (κ1) is 52.5. The minimum absolute atomic E-state index is 0.0897. The lowest BCUT2D eigenvalue weighted by Crippen LogP contribution is -2.61. The molecule has 1 aliphatic heterocycles. The van der Waals surface area contributed by atoms with Crippen molar-refractivity contribution >= 4 is 53.2 Å². The van der Waals surface area contributed by atoms with Crippen LogP contribution in [0.1, 0.15) is 98.5 Å². The molecule has 62 heavy (non-hydrogen) atoms. The van der Waals surface area contributed by atoms with Crippen LogP contribution in [0, 0.1) is 11.8 Å². The number of likely N-dealkylation sites (tertiary alicyclic amines) is 1. The van der Waals surface area contributed by atoms with Gasteiger partial charge in [0, 0.05) is 26.3 Å². The fourth-order valence-electron chi connectivity index (χ4n) is 6.72. The van der Waals surface area contributed by atoms with Gasteiger partial charge in [0.25, 0.3) is 0 Å². The SMILES string of the molecule is CCCC(NC(=O)[C@@H]1C[C@@H](OCc2ccccc2)CN1C(=O)[C@@H](NC(=O)[C@@H](NC(=O)[C@@H](CCC(=O)O)NC(=O)[C@H](CC(=O)O)NC(C)=O)[C@@H](C)CC)C(C)C)C(=O)CC(F)(F)F. The van der Waals surface area contributed by atoms with Crippen LogP contribution in [0.2, 0.25) is 0 Å². The molecular formula is C41H59F3N6O12. The molecular weight excluding hydrogens is 825 g/mol. The Balaban J connectivity index is 2.44. The lowest BCUT2D eigenvalue weighted by atomic mass is 9.95. The zero-order chi connectivity index (χ0) is 46.9. The fraction of sp³-hybridized carbons (Fsp3) is 0.634. The second-order valence-corrected chi connectivity index (χ2v) is 15.7. The van der Waals surface area contributed by atoms with Crippen molar-refractivity contribution in [2.45, 2.75) is 148 Å². The number of hydrogen-bond donors (Lipinski definition) is 7. The molecule has 18 nitrogen and oxygen atoms in total. The van der Waals surface area contributed by atoms with Gasteiger partial charge >= 0.3 is 18.1 Å². The number of ether oxygens (including phenoxy) is 1. The van der Waals surface area contributed by atoms with Crippen molar-refractivity contribution in [1.82, 2.24) is 31.5 Å². The van der Waals surface area contributed by atoms with Crippen molar-refractivity contribution in [2.75, 3.05) is 6.54 Å². The molecule has 0 bridgehead atoms. The van der Waals surface area contributed by atoms with E-state index in [0.29, 0.717) is 0 Å². The van der Waals surface area contributed by atoms with Gasteiger partial charge in [-0.3, -0.25) is 43.2 Å². The first-order valence-corrected chi connectivity index (χ1v) is 20.4. The second-order valence-electron chi connectivity index (χ2n) is 15.7. The Kier molecular flexibility index (Phi) is 21.0. The molecule has 1 fully saturated rings. The van der Waals surface area contributed by atoms with Crippen LogP contribution in [0.5, 0.6) is 0 Å². The number of carboxylic acids is 2. The molecule has 1 aromatic rings. The molecule has 1 unspecified atom stereocenters. The summed E-state index contributed by atoms with van der Waals surface area (Å²) in [4.78, 5) is 117. The van der Waals surface area contributed by atoms with E-state index in [0.717, 1.165) is 17.4 Å². The van der Waals surface area contributed by atoms with Crippen LogP contribution in [-0.2, 0) is 54.5 Å². The predicted molar refractivity (Wildman–Crippen MR) is 214 cm³/mol. The first-order valence-electron chi connectivity index (χ1n) is 20.4. The predicted octanol–water partition coefficient (Wildman–Crippen LogP) is 1.98. The number of benzene rings is 1. The Hall–Kier alpha value is -5.60. The number of carboxylic acid groups (broad SMARTS) is 2. The van der Waals surface area contributed by atoms with E-state index < -0.39 is 139 Å². The fourth-order valence-corrected chi connectivity index (χ4v) is 6.72. The highest BCUT2D eigenvalue weighted by atomic mass is 19.4. The van der Waals surface area contributed by atoms with E-state index >= 15 is 0 Å². The molecule has 21 heteroatoms. The van der Waals surface area contributed by atoms with Crippen molar-refractivity contribution in [3.63, 3.8) is 0 Å². The number of nitrogens with zero attached hydrogens (tertiary/aromatic N) is 1. The Morgan fingerprint density at radius 1 is 0.790 bits per heavy atom. The highest BCUT2D eigenvalue weighted by Gasteiger charge is 2.45. The van der Waals surface area contributed by atoms with E-state index in [4.69, 9.17) is 4.74 Å². The van der Waals surface area contributed by atoms with Gasteiger partial charge in [-0.15, -0.1) is 0 Å². The Morgan fingerprint density at radius 3 is 1.94 bits per heavy atom. The Morgan fingerprint density at radius 2 is 1.40 bits per heavy atom. The number of Topliss-reactive ketones (excluding diaryl/α,β-unsaturated/α-hetero) is 1. The summed E-state index contributed by atoms with van der Waals surface area (Å²) in [7, 11) is 0. The average Bonchev–Trinajstić information content (AvgIpc) is 3.62. The van der Waals surface area contributed by atoms with Crippen LogP contribution < -0.4 is 26.6 Å². The molecule has 346 valence electrons. The number of alkyl halides is 3. The number of halogens is 3. The lowest BCUT2D eigenvalue weighted by molar-refractivity contribution is -0.155. The smallest absolute Gasteiger partial charge is 0.395 e. The highest BCUT2D eigenvalue weighted by molar-refractivity contribution is 5.98. The summed E-state index contributed by atoms with van der Waals surface area (Å²) < 4.78 is 45.6. The van der Waals surface area contributed by atoms with Gasteiger partial charge in [-0.2, -0.15) is 13.2 Å². The molecule has 0 aliphatic carbocycles. The minimum Gasteiger partial charge on any atom is -0.481 e. The minimum atomic E-state index is -4.82. The number of rotatable bonds is 25. The lowest BCUT2D eigenvalue weighted by Gasteiger charge is -2.33. The van der Waals surface area contributed by atoms with E-state index in [1.165, 1.54) is 0 Å². The first-order chi connectivity index (χ1) is 29.0. The number of amides is 6. The number of carbonyl (C=O) groups excluding carboxylic acids is 7. The molecule has 0 saturated carbocycles. The topological polar surface area (TPSA) is 267 Å². The maximum atomic E-state index is 14.5. The number of carbonyl (C=O) groups is 9. The quantitative estimate of drug-likeness (QED) is 0.0744. The van der Waals surface area contributed by atoms with Crippen molar-refractivity contribution in [2.24, 2.45) is 11.8 Å². The van der Waals surface area contributed by atoms with Gasteiger partial charge in [0.1, 0.15) is 36.6 Å². The van der Waals surface area contributed by atoms with E-state index in [1.54, 1.807) is 65.0 Å². The summed E-state index contributed by atoms with van der Waals surface area (Å²) in [6.07, 6.45) is -8.98. The van der Waals surface area contributed by atoms with Crippen LogP contribution in [-0.4, -0.2) is 123 Å². The molecule has 1 aliphatic rings. The third kappa shape index (κ3) is 17.4. The summed E-state index contributed by atoms with van der Waals surface area (Å²) in [5.74, 6) is -10.8. The van der Waals surface area contributed by atoms with E-state index in [1.807, 2.05) is 0 Å². The van der Waals surface area contributed by atoms with Gasteiger partial charge in [0.15, 0.2) is 5.78 Å². The van der Waals surface area contributed by atoms with E-state index in [2.05, 4.69) is 26.6 Å². The van der Waals surface area contributed by atoms with Crippen molar-refractivity contribution in [3.8, 4) is 0 Å².